The van der Waals surface area contributed by atoms with Crippen molar-refractivity contribution in [1.82, 2.24) is 15.2 Å². The maximum Gasteiger partial charge on any atom is 0.319 e. The van der Waals surface area contributed by atoms with Gasteiger partial charge in [-0.15, -0.1) is 0 Å². The average Bonchev–Trinajstić information content (AvgIpc) is 2.81. The quantitative estimate of drug-likeness (QED) is 0.614. The first-order valence-corrected chi connectivity index (χ1v) is 11.2. The molecule has 2 N–H and O–H groups in total. The lowest BCUT2D eigenvalue weighted by atomic mass is 9.78. The highest BCUT2D eigenvalue weighted by atomic mass is 16.5. The molecule has 0 unspecified atom stereocenters. The van der Waals surface area contributed by atoms with Crippen molar-refractivity contribution in [2.45, 2.75) is 31.8 Å². The molecule has 0 atom stereocenters. The number of likely N-dealkylation sites (tertiary alicyclic amines) is 1. The molecule has 3 heterocycles. The van der Waals surface area contributed by atoms with Gasteiger partial charge in [-0.1, -0.05) is 42.5 Å². The number of ether oxygens (including phenoxy) is 1. The Morgan fingerprint density at radius 1 is 1.06 bits per heavy atom. The molecule has 164 valence electrons. The van der Waals surface area contributed by atoms with Crippen LogP contribution in [0.5, 0.6) is 5.88 Å². The van der Waals surface area contributed by atoms with E-state index in [2.05, 4.69) is 56.9 Å². The normalized spacial score (nSPS) is 17.3. The molecule has 32 heavy (non-hydrogen) atoms. The Balaban J connectivity index is 1.40. The van der Waals surface area contributed by atoms with Gasteiger partial charge in [0.1, 0.15) is 0 Å². The number of urea groups is 1. The van der Waals surface area contributed by atoms with Crippen molar-refractivity contribution in [3.8, 4) is 17.0 Å². The topological polar surface area (TPSA) is 66.5 Å². The van der Waals surface area contributed by atoms with Crippen LogP contribution >= 0.6 is 0 Å². The summed E-state index contributed by atoms with van der Waals surface area (Å²) in [6, 6.07) is 20.6. The van der Waals surface area contributed by atoms with E-state index < -0.39 is 0 Å². The third-order valence-electron chi connectivity index (χ3n) is 6.46. The maximum absolute atomic E-state index is 12.6. The van der Waals surface area contributed by atoms with Crippen LogP contribution in [0.25, 0.3) is 11.1 Å². The maximum atomic E-state index is 12.6. The number of amides is 2. The molecular weight excluding hydrogens is 400 g/mol. The molecule has 6 heteroatoms. The Morgan fingerprint density at radius 2 is 1.88 bits per heavy atom. The lowest BCUT2D eigenvalue weighted by molar-refractivity contribution is 0.132. The van der Waals surface area contributed by atoms with Crippen LogP contribution in [0.3, 0.4) is 0 Å². The fourth-order valence-corrected chi connectivity index (χ4v) is 4.86. The number of rotatable bonds is 5. The number of benzene rings is 2. The van der Waals surface area contributed by atoms with Gasteiger partial charge in [-0.05, 0) is 49.1 Å². The van der Waals surface area contributed by atoms with Gasteiger partial charge in [0.2, 0.25) is 5.88 Å². The number of carbonyl (C=O) groups excluding carboxylic acids is 1. The van der Waals surface area contributed by atoms with Crippen molar-refractivity contribution in [2.24, 2.45) is 0 Å². The highest BCUT2D eigenvalue weighted by Crippen LogP contribution is 2.42. The summed E-state index contributed by atoms with van der Waals surface area (Å²) in [6.07, 6.45) is 3.50. The van der Waals surface area contributed by atoms with Gasteiger partial charge in [0.15, 0.2) is 0 Å². The van der Waals surface area contributed by atoms with Crippen molar-refractivity contribution >= 4 is 11.7 Å². The van der Waals surface area contributed by atoms with E-state index in [1.165, 1.54) is 5.56 Å². The van der Waals surface area contributed by atoms with Crippen molar-refractivity contribution in [3.05, 3.63) is 78.0 Å². The second-order valence-corrected chi connectivity index (χ2v) is 8.47. The molecule has 0 aliphatic carbocycles. The Bertz CT molecular complexity index is 1110. The van der Waals surface area contributed by atoms with Crippen molar-refractivity contribution < 1.29 is 9.53 Å². The largest absolute Gasteiger partial charge is 0.478 e. The fourth-order valence-electron chi connectivity index (χ4n) is 4.86. The van der Waals surface area contributed by atoms with Gasteiger partial charge in [0.25, 0.3) is 0 Å². The lowest BCUT2D eigenvalue weighted by Gasteiger charge is -2.45. The first-order valence-electron chi connectivity index (χ1n) is 11.2. The van der Waals surface area contributed by atoms with Crippen LogP contribution in [0.15, 0.2) is 66.9 Å². The van der Waals surface area contributed by atoms with Gasteiger partial charge in [0.05, 0.1) is 12.1 Å². The van der Waals surface area contributed by atoms with Crippen LogP contribution in [0.2, 0.25) is 0 Å². The SMILES string of the molecule is CCOc1ncccc1-c1ccc2c(c1)NC(=O)NC21CCN(Cc2ccccc2)CC1. The molecular formula is C26H28N4O2. The number of hydrogen-bond donors (Lipinski definition) is 2. The Hall–Kier alpha value is -3.38. The summed E-state index contributed by atoms with van der Waals surface area (Å²) in [7, 11) is 0. The number of anilines is 1. The number of carbonyl (C=O) groups is 1. The monoisotopic (exact) mass is 428 g/mol. The van der Waals surface area contributed by atoms with Crippen LogP contribution in [0, 0.1) is 0 Å². The summed E-state index contributed by atoms with van der Waals surface area (Å²) in [4.78, 5) is 19.5. The van der Waals surface area contributed by atoms with E-state index in [4.69, 9.17) is 4.74 Å². The Labute approximate surface area is 188 Å². The van der Waals surface area contributed by atoms with E-state index >= 15 is 0 Å². The van der Waals surface area contributed by atoms with Gasteiger partial charge >= 0.3 is 6.03 Å². The molecule has 2 amide bonds. The summed E-state index contributed by atoms with van der Waals surface area (Å²) in [6.45, 7) is 5.32. The van der Waals surface area contributed by atoms with E-state index in [-0.39, 0.29) is 11.6 Å². The van der Waals surface area contributed by atoms with Crippen molar-refractivity contribution in [1.29, 1.82) is 0 Å². The summed E-state index contributed by atoms with van der Waals surface area (Å²) in [5.41, 5.74) is 4.93. The third-order valence-corrected chi connectivity index (χ3v) is 6.46. The Kier molecular flexibility index (Phi) is 5.53. The molecule has 0 bridgehead atoms. The molecule has 2 aromatic carbocycles. The molecule has 0 saturated carbocycles. The number of nitrogens with zero attached hydrogens (tertiary/aromatic N) is 2. The van der Waals surface area contributed by atoms with Crippen LogP contribution < -0.4 is 15.4 Å². The van der Waals surface area contributed by atoms with Gasteiger partial charge in [-0.3, -0.25) is 4.90 Å². The molecule has 5 rings (SSSR count). The zero-order chi connectivity index (χ0) is 22.0. The van der Waals surface area contributed by atoms with E-state index in [1.807, 2.05) is 31.2 Å². The Morgan fingerprint density at radius 3 is 2.66 bits per heavy atom. The second-order valence-electron chi connectivity index (χ2n) is 8.47. The third kappa shape index (κ3) is 3.94. The number of pyridine rings is 1. The second kappa shape index (κ2) is 8.63. The van der Waals surface area contributed by atoms with Gasteiger partial charge < -0.3 is 15.4 Å². The van der Waals surface area contributed by atoms with E-state index in [1.54, 1.807) is 6.20 Å². The van der Waals surface area contributed by atoms with Gasteiger partial charge in [-0.2, -0.15) is 0 Å². The zero-order valence-corrected chi connectivity index (χ0v) is 18.3. The van der Waals surface area contributed by atoms with E-state index in [0.717, 1.165) is 54.9 Å². The standard InChI is InChI=1S/C26H28N4O2/c1-2-32-24-21(9-6-14-27-24)20-10-11-22-23(17-20)28-25(31)29-26(22)12-15-30(16-13-26)18-19-7-4-3-5-8-19/h3-11,14,17H,2,12-13,15-16,18H2,1H3,(H2,28,29,31). The smallest absolute Gasteiger partial charge is 0.319 e. The van der Waals surface area contributed by atoms with E-state index in [0.29, 0.717) is 12.5 Å². The predicted molar refractivity (Wildman–Crippen MR) is 126 cm³/mol. The summed E-state index contributed by atoms with van der Waals surface area (Å²) < 4.78 is 5.71. The lowest BCUT2D eigenvalue weighted by Crippen LogP contribution is -2.56. The van der Waals surface area contributed by atoms with Crippen LogP contribution in [0.1, 0.15) is 30.9 Å². The molecule has 6 nitrogen and oxygen atoms in total. The number of nitrogens with one attached hydrogen (secondary N) is 2. The summed E-state index contributed by atoms with van der Waals surface area (Å²) in [5, 5.41) is 6.27. The van der Waals surface area contributed by atoms with Crippen molar-refractivity contribution in [2.75, 3.05) is 25.0 Å². The number of fused-ring (bicyclic) bond motifs is 2. The molecule has 1 fully saturated rings. The molecule has 2 aliphatic rings. The van der Waals surface area contributed by atoms with Gasteiger partial charge in [0, 0.05) is 42.6 Å². The molecule has 1 aromatic heterocycles. The predicted octanol–water partition coefficient (Wildman–Crippen LogP) is 4.77. The van der Waals surface area contributed by atoms with Gasteiger partial charge in [-0.25, -0.2) is 9.78 Å². The molecule has 2 aliphatic heterocycles. The summed E-state index contributed by atoms with van der Waals surface area (Å²) in [5.74, 6) is 0.610. The molecule has 3 aromatic rings. The number of piperidine rings is 1. The minimum atomic E-state index is -0.332. The number of aromatic nitrogens is 1. The highest BCUT2D eigenvalue weighted by Gasteiger charge is 2.42. The fraction of sp³-hybridized carbons (Fsp3) is 0.308. The molecule has 1 spiro atoms. The first kappa shape index (κ1) is 20.5. The average molecular weight is 429 g/mol. The summed E-state index contributed by atoms with van der Waals surface area (Å²) >= 11 is 0. The van der Waals surface area contributed by atoms with Crippen LogP contribution in [-0.4, -0.2) is 35.6 Å². The van der Waals surface area contributed by atoms with Crippen LogP contribution in [-0.2, 0) is 12.1 Å². The van der Waals surface area contributed by atoms with Crippen LogP contribution in [0.4, 0.5) is 10.5 Å². The molecule has 1 saturated heterocycles. The molecule has 0 radical (unpaired) electrons. The van der Waals surface area contributed by atoms with Crippen molar-refractivity contribution in [3.63, 3.8) is 0 Å². The first-order chi connectivity index (χ1) is 15.7. The minimum absolute atomic E-state index is 0.137. The zero-order valence-electron chi connectivity index (χ0n) is 18.3. The van der Waals surface area contributed by atoms with E-state index in [9.17, 15) is 4.79 Å². The number of hydrogen-bond acceptors (Lipinski definition) is 4. The highest BCUT2D eigenvalue weighted by molar-refractivity contribution is 5.95. The minimum Gasteiger partial charge on any atom is -0.478 e.